The molecule has 28 heavy (non-hydrogen) atoms. The van der Waals surface area contributed by atoms with Crippen LogP contribution >= 0.6 is 0 Å². The van der Waals surface area contributed by atoms with Crippen molar-refractivity contribution in [1.29, 1.82) is 0 Å². The number of ether oxygens (including phenoxy) is 2. The van der Waals surface area contributed by atoms with Gasteiger partial charge in [-0.05, 0) is 32.8 Å². The minimum Gasteiger partial charge on any atom is -0.445 e. The average molecular weight is 390 g/mol. The van der Waals surface area contributed by atoms with E-state index in [4.69, 9.17) is 9.47 Å². The number of aliphatic hydroxyl groups is 1. The maximum absolute atomic E-state index is 12.4. The predicted molar refractivity (Wildman–Crippen MR) is 104 cm³/mol. The maximum Gasteiger partial charge on any atom is 0.410 e. The third-order valence-electron chi connectivity index (χ3n) is 5.53. The topological polar surface area (TPSA) is 79.3 Å². The second kappa shape index (κ2) is 7.99. The molecule has 7 heteroatoms. The summed E-state index contributed by atoms with van der Waals surface area (Å²) < 4.78 is 10.8. The van der Waals surface area contributed by atoms with Crippen molar-refractivity contribution in [3.8, 4) is 0 Å². The number of carbonyl (C=O) groups excluding carboxylic acids is 2. The first-order valence-electron chi connectivity index (χ1n) is 9.77. The minimum absolute atomic E-state index is 0.0232. The zero-order chi connectivity index (χ0) is 20.4. The zero-order valence-electron chi connectivity index (χ0n) is 16.9. The molecule has 2 aliphatic rings. The van der Waals surface area contributed by atoms with Gasteiger partial charge in [0.15, 0.2) is 0 Å². The molecule has 2 aliphatic heterocycles. The monoisotopic (exact) mass is 390 g/mol. The fraction of sp³-hybridized carbons (Fsp3) is 0.619. The van der Waals surface area contributed by atoms with Crippen molar-refractivity contribution in [3.05, 3.63) is 35.9 Å². The fourth-order valence-corrected chi connectivity index (χ4v) is 3.93. The Hall–Kier alpha value is -2.28. The second-order valence-electron chi connectivity index (χ2n) is 8.81. The molecule has 2 saturated heterocycles. The Bertz CT molecular complexity index is 694. The quantitative estimate of drug-likeness (QED) is 0.859. The van der Waals surface area contributed by atoms with Gasteiger partial charge in [0, 0.05) is 44.1 Å². The highest BCUT2D eigenvalue weighted by molar-refractivity contribution is 5.70. The van der Waals surface area contributed by atoms with Gasteiger partial charge in [-0.1, -0.05) is 30.3 Å². The maximum atomic E-state index is 12.4. The third-order valence-corrected chi connectivity index (χ3v) is 5.53. The van der Waals surface area contributed by atoms with Crippen molar-refractivity contribution in [1.82, 2.24) is 9.80 Å². The predicted octanol–water partition coefficient (Wildman–Crippen LogP) is 2.87. The van der Waals surface area contributed by atoms with Gasteiger partial charge in [-0.25, -0.2) is 9.59 Å². The van der Waals surface area contributed by atoms with E-state index >= 15 is 0 Å². The van der Waals surface area contributed by atoms with Gasteiger partial charge in [0.2, 0.25) is 0 Å². The Morgan fingerprint density at radius 2 is 1.82 bits per heavy atom. The van der Waals surface area contributed by atoms with Gasteiger partial charge < -0.3 is 24.4 Å². The number of rotatable bonds is 3. The highest BCUT2D eigenvalue weighted by atomic mass is 16.6. The lowest BCUT2D eigenvalue weighted by atomic mass is 9.65. The van der Waals surface area contributed by atoms with Crippen LogP contribution in [0.1, 0.15) is 32.8 Å². The summed E-state index contributed by atoms with van der Waals surface area (Å²) in [6.07, 6.45) is 0.0535. The summed E-state index contributed by atoms with van der Waals surface area (Å²) in [6, 6.07) is 9.55. The first kappa shape index (κ1) is 20.5. The minimum atomic E-state index is -0.526. The van der Waals surface area contributed by atoms with E-state index in [1.165, 1.54) is 0 Å². The van der Waals surface area contributed by atoms with Crippen LogP contribution in [-0.2, 0) is 16.1 Å². The number of hydrogen-bond acceptors (Lipinski definition) is 5. The molecule has 1 aromatic carbocycles. The Balaban J connectivity index is 1.51. The van der Waals surface area contributed by atoms with E-state index in [0.717, 1.165) is 12.0 Å². The fourth-order valence-electron chi connectivity index (χ4n) is 3.93. The molecule has 7 nitrogen and oxygen atoms in total. The van der Waals surface area contributed by atoms with Crippen LogP contribution in [0.2, 0.25) is 0 Å². The van der Waals surface area contributed by atoms with Gasteiger partial charge in [0.25, 0.3) is 0 Å². The molecule has 0 radical (unpaired) electrons. The molecule has 1 aromatic rings. The van der Waals surface area contributed by atoms with Crippen molar-refractivity contribution in [2.45, 2.75) is 39.4 Å². The van der Waals surface area contributed by atoms with Crippen molar-refractivity contribution in [2.24, 2.45) is 11.3 Å². The van der Waals surface area contributed by atoms with Crippen LogP contribution in [0.5, 0.6) is 0 Å². The largest absolute Gasteiger partial charge is 0.445 e. The summed E-state index contributed by atoms with van der Waals surface area (Å²) in [6.45, 7) is 7.85. The number of benzene rings is 1. The third kappa shape index (κ3) is 4.58. The molecule has 1 atom stereocenters. The second-order valence-corrected chi connectivity index (χ2v) is 8.81. The number of amides is 2. The van der Waals surface area contributed by atoms with E-state index in [-0.39, 0.29) is 36.7 Å². The lowest BCUT2D eigenvalue weighted by Gasteiger charge is -2.57. The Morgan fingerprint density at radius 1 is 1.14 bits per heavy atom. The summed E-state index contributed by atoms with van der Waals surface area (Å²) in [5, 5.41) is 9.90. The molecule has 0 bridgehead atoms. The molecule has 0 aromatic heterocycles. The highest BCUT2D eigenvalue weighted by Crippen LogP contribution is 2.44. The van der Waals surface area contributed by atoms with Gasteiger partial charge in [-0.15, -0.1) is 0 Å². The molecular weight excluding hydrogens is 360 g/mol. The normalized spacial score (nSPS) is 21.2. The molecule has 0 aliphatic carbocycles. The molecule has 2 heterocycles. The van der Waals surface area contributed by atoms with Gasteiger partial charge >= 0.3 is 12.2 Å². The zero-order valence-corrected chi connectivity index (χ0v) is 16.9. The van der Waals surface area contributed by atoms with E-state index in [2.05, 4.69) is 0 Å². The molecule has 154 valence electrons. The summed E-state index contributed by atoms with van der Waals surface area (Å²) in [4.78, 5) is 28.0. The van der Waals surface area contributed by atoms with Crippen LogP contribution < -0.4 is 0 Å². The Labute approximate surface area is 166 Å². The molecule has 0 saturated carbocycles. The first-order valence-corrected chi connectivity index (χ1v) is 9.77. The van der Waals surface area contributed by atoms with Crippen molar-refractivity contribution < 1.29 is 24.2 Å². The van der Waals surface area contributed by atoms with Gasteiger partial charge in [0.05, 0.1) is 0 Å². The molecule has 2 fully saturated rings. The van der Waals surface area contributed by atoms with Crippen LogP contribution in [0.25, 0.3) is 0 Å². The summed E-state index contributed by atoms with van der Waals surface area (Å²) >= 11 is 0. The first-order chi connectivity index (χ1) is 13.2. The van der Waals surface area contributed by atoms with Crippen molar-refractivity contribution in [2.75, 3.05) is 32.8 Å². The number of hydrogen-bond donors (Lipinski definition) is 1. The number of aliphatic hydroxyl groups excluding tert-OH is 1. The van der Waals surface area contributed by atoms with E-state index in [0.29, 0.717) is 26.2 Å². The number of nitrogens with zero attached hydrogens (tertiary/aromatic N) is 2. The van der Waals surface area contributed by atoms with E-state index < -0.39 is 5.60 Å². The highest BCUT2D eigenvalue weighted by Gasteiger charge is 2.53. The van der Waals surface area contributed by atoms with E-state index in [1.807, 2.05) is 51.1 Å². The standard InChI is InChI=1S/C21H30N2O5/c1-20(2,3)28-19(26)23-14-21(15-23)9-10-22(11-17(21)12-24)18(25)27-13-16-7-5-4-6-8-16/h4-8,17,24H,9-15H2,1-3H3. The van der Waals surface area contributed by atoms with Gasteiger partial charge in [0.1, 0.15) is 12.2 Å². The Morgan fingerprint density at radius 3 is 2.43 bits per heavy atom. The number of piperidine rings is 1. The molecule has 1 unspecified atom stereocenters. The van der Waals surface area contributed by atoms with Crippen LogP contribution in [0, 0.1) is 11.3 Å². The lowest BCUT2D eigenvalue weighted by molar-refractivity contribution is -0.102. The average Bonchev–Trinajstić information content (AvgIpc) is 2.63. The summed E-state index contributed by atoms with van der Waals surface area (Å²) in [5.74, 6) is -0.0794. The van der Waals surface area contributed by atoms with Crippen molar-refractivity contribution >= 4 is 12.2 Å². The molecule has 1 spiro atoms. The van der Waals surface area contributed by atoms with Crippen LogP contribution in [0.3, 0.4) is 0 Å². The van der Waals surface area contributed by atoms with Crippen LogP contribution in [-0.4, -0.2) is 65.5 Å². The number of carbonyl (C=O) groups is 2. The van der Waals surface area contributed by atoms with Crippen LogP contribution in [0.4, 0.5) is 9.59 Å². The van der Waals surface area contributed by atoms with Crippen molar-refractivity contribution in [3.63, 3.8) is 0 Å². The van der Waals surface area contributed by atoms with Gasteiger partial charge in [-0.2, -0.15) is 0 Å². The molecule has 1 N–H and O–H groups in total. The Kier molecular flexibility index (Phi) is 5.84. The summed E-state index contributed by atoms with van der Waals surface area (Å²) in [5.41, 5.74) is 0.263. The molecular formula is C21H30N2O5. The smallest absolute Gasteiger partial charge is 0.410 e. The molecule has 3 rings (SSSR count). The van der Waals surface area contributed by atoms with E-state index in [1.54, 1.807) is 9.80 Å². The van der Waals surface area contributed by atoms with Crippen LogP contribution in [0.15, 0.2) is 30.3 Å². The lowest BCUT2D eigenvalue weighted by Crippen LogP contribution is -2.67. The number of likely N-dealkylation sites (tertiary alicyclic amines) is 2. The summed E-state index contributed by atoms with van der Waals surface area (Å²) in [7, 11) is 0. The molecule has 2 amide bonds. The SMILES string of the molecule is CC(C)(C)OC(=O)N1CC2(CCN(C(=O)OCc3ccccc3)CC2CO)C1. The van der Waals surface area contributed by atoms with Gasteiger partial charge in [-0.3, -0.25) is 0 Å². The van der Waals surface area contributed by atoms with E-state index in [9.17, 15) is 14.7 Å².